The zero-order valence-electron chi connectivity index (χ0n) is 11.8. The molecule has 1 aromatic heterocycles. The van der Waals surface area contributed by atoms with Crippen molar-refractivity contribution in [2.75, 3.05) is 7.05 Å². The van der Waals surface area contributed by atoms with Gasteiger partial charge in [0.1, 0.15) is 0 Å². The molecule has 3 aromatic rings. The lowest BCUT2D eigenvalue weighted by atomic mass is 9.95. The van der Waals surface area contributed by atoms with Crippen LogP contribution in [0.2, 0.25) is 0 Å². The highest BCUT2D eigenvalue weighted by molar-refractivity contribution is 5.85. The highest BCUT2D eigenvalue weighted by atomic mass is 14.9. The Labute approximate surface area is 119 Å². The Morgan fingerprint density at radius 2 is 1.85 bits per heavy atom. The summed E-state index contributed by atoms with van der Waals surface area (Å²) in [6, 6.07) is 19.4. The van der Waals surface area contributed by atoms with Crippen LogP contribution in [-0.2, 0) is 0 Å². The average Bonchev–Trinajstić information content (AvgIpc) is 2.53. The van der Waals surface area contributed by atoms with Gasteiger partial charge in [-0.2, -0.15) is 0 Å². The van der Waals surface area contributed by atoms with Crippen LogP contribution in [0.1, 0.15) is 18.5 Å². The third kappa shape index (κ3) is 2.30. The molecule has 0 aliphatic heterocycles. The normalized spacial score (nSPS) is 12.5. The molecule has 100 valence electrons. The van der Waals surface area contributed by atoms with Gasteiger partial charge in [-0.25, -0.2) is 0 Å². The van der Waals surface area contributed by atoms with Crippen molar-refractivity contribution >= 4 is 10.9 Å². The van der Waals surface area contributed by atoms with Crippen LogP contribution < -0.4 is 5.32 Å². The van der Waals surface area contributed by atoms with Crippen molar-refractivity contribution in [3.05, 3.63) is 66.4 Å². The van der Waals surface area contributed by atoms with E-state index >= 15 is 0 Å². The SMILES string of the molecule is CNC(C)c1ccccc1-c1ccc2ncccc2c1. The highest BCUT2D eigenvalue weighted by Crippen LogP contribution is 2.29. The van der Waals surface area contributed by atoms with E-state index in [1.165, 1.54) is 22.1 Å². The lowest BCUT2D eigenvalue weighted by Crippen LogP contribution is -2.13. The molecule has 0 bridgehead atoms. The van der Waals surface area contributed by atoms with Crippen molar-refractivity contribution in [3.8, 4) is 11.1 Å². The first kappa shape index (κ1) is 12.8. The van der Waals surface area contributed by atoms with E-state index in [1.54, 1.807) is 0 Å². The zero-order chi connectivity index (χ0) is 13.9. The molecule has 0 saturated carbocycles. The van der Waals surface area contributed by atoms with Crippen molar-refractivity contribution < 1.29 is 0 Å². The smallest absolute Gasteiger partial charge is 0.0702 e. The number of nitrogens with one attached hydrogen (secondary N) is 1. The van der Waals surface area contributed by atoms with Gasteiger partial charge in [-0.1, -0.05) is 36.4 Å². The molecular weight excluding hydrogens is 244 g/mol. The van der Waals surface area contributed by atoms with Crippen LogP contribution in [0.25, 0.3) is 22.0 Å². The molecule has 1 N–H and O–H groups in total. The molecule has 1 heterocycles. The van der Waals surface area contributed by atoms with Gasteiger partial charge in [-0.15, -0.1) is 0 Å². The van der Waals surface area contributed by atoms with Gasteiger partial charge in [0.15, 0.2) is 0 Å². The van der Waals surface area contributed by atoms with E-state index in [0.29, 0.717) is 6.04 Å². The van der Waals surface area contributed by atoms with Gasteiger partial charge >= 0.3 is 0 Å². The predicted octanol–water partition coefficient (Wildman–Crippen LogP) is 4.18. The van der Waals surface area contributed by atoms with Crippen LogP contribution in [0.4, 0.5) is 0 Å². The van der Waals surface area contributed by atoms with E-state index in [2.05, 4.69) is 65.8 Å². The first-order valence-electron chi connectivity index (χ1n) is 6.91. The predicted molar refractivity (Wildman–Crippen MR) is 84.7 cm³/mol. The summed E-state index contributed by atoms with van der Waals surface area (Å²) < 4.78 is 0. The van der Waals surface area contributed by atoms with Crippen LogP contribution in [0.5, 0.6) is 0 Å². The minimum absolute atomic E-state index is 0.329. The molecule has 0 amide bonds. The Morgan fingerprint density at radius 3 is 2.70 bits per heavy atom. The Hall–Kier alpha value is -2.19. The van der Waals surface area contributed by atoms with Crippen LogP contribution in [-0.4, -0.2) is 12.0 Å². The van der Waals surface area contributed by atoms with Gasteiger partial charge in [-0.3, -0.25) is 4.98 Å². The standard InChI is InChI=1S/C18H18N2/c1-13(19-2)16-7-3-4-8-17(16)14-9-10-18-15(12-14)6-5-11-20-18/h3-13,19H,1-2H3. The van der Waals surface area contributed by atoms with Gasteiger partial charge in [0.25, 0.3) is 0 Å². The summed E-state index contributed by atoms with van der Waals surface area (Å²) in [4.78, 5) is 4.38. The summed E-state index contributed by atoms with van der Waals surface area (Å²) in [5.41, 5.74) is 4.87. The third-order valence-electron chi connectivity index (χ3n) is 3.77. The summed E-state index contributed by atoms with van der Waals surface area (Å²) in [7, 11) is 1.99. The topological polar surface area (TPSA) is 24.9 Å². The van der Waals surface area contributed by atoms with Crippen molar-refractivity contribution in [3.63, 3.8) is 0 Å². The van der Waals surface area contributed by atoms with Crippen molar-refractivity contribution in [1.29, 1.82) is 0 Å². The lowest BCUT2D eigenvalue weighted by Gasteiger charge is -2.16. The maximum atomic E-state index is 4.38. The van der Waals surface area contributed by atoms with Crippen LogP contribution in [0, 0.1) is 0 Å². The Bertz CT molecular complexity index is 734. The van der Waals surface area contributed by atoms with Crippen molar-refractivity contribution in [1.82, 2.24) is 10.3 Å². The van der Waals surface area contributed by atoms with Gasteiger partial charge < -0.3 is 5.32 Å². The quantitative estimate of drug-likeness (QED) is 0.766. The summed E-state index contributed by atoms with van der Waals surface area (Å²) in [6.45, 7) is 2.18. The molecule has 2 heteroatoms. The number of hydrogen-bond acceptors (Lipinski definition) is 2. The van der Waals surface area contributed by atoms with E-state index in [1.807, 2.05) is 19.3 Å². The number of fused-ring (bicyclic) bond motifs is 1. The van der Waals surface area contributed by atoms with E-state index in [-0.39, 0.29) is 0 Å². The van der Waals surface area contributed by atoms with E-state index in [4.69, 9.17) is 0 Å². The largest absolute Gasteiger partial charge is 0.313 e. The zero-order valence-corrected chi connectivity index (χ0v) is 11.8. The molecule has 0 saturated heterocycles. The fraction of sp³-hybridized carbons (Fsp3) is 0.167. The molecule has 1 atom stereocenters. The summed E-state index contributed by atoms with van der Waals surface area (Å²) in [5.74, 6) is 0. The van der Waals surface area contributed by atoms with Crippen molar-refractivity contribution in [2.24, 2.45) is 0 Å². The number of nitrogens with zero attached hydrogens (tertiary/aromatic N) is 1. The molecule has 2 aromatic carbocycles. The second kappa shape index (κ2) is 5.43. The van der Waals surface area contributed by atoms with Gasteiger partial charge in [-0.05, 0) is 48.9 Å². The fourth-order valence-electron chi connectivity index (χ4n) is 2.54. The molecule has 20 heavy (non-hydrogen) atoms. The number of benzene rings is 2. The number of pyridine rings is 1. The van der Waals surface area contributed by atoms with E-state index < -0.39 is 0 Å². The first-order chi connectivity index (χ1) is 9.79. The molecular formula is C18H18N2. The summed E-state index contributed by atoms with van der Waals surface area (Å²) in [5, 5.41) is 4.49. The average molecular weight is 262 g/mol. The third-order valence-corrected chi connectivity index (χ3v) is 3.77. The second-order valence-electron chi connectivity index (χ2n) is 5.01. The molecule has 3 rings (SSSR count). The molecule has 0 aliphatic rings. The maximum Gasteiger partial charge on any atom is 0.0702 e. The molecule has 1 unspecified atom stereocenters. The van der Waals surface area contributed by atoms with Gasteiger partial charge in [0, 0.05) is 17.6 Å². The monoisotopic (exact) mass is 262 g/mol. The van der Waals surface area contributed by atoms with Crippen LogP contribution in [0.15, 0.2) is 60.8 Å². The Morgan fingerprint density at radius 1 is 1.00 bits per heavy atom. The van der Waals surface area contributed by atoms with Crippen LogP contribution in [0.3, 0.4) is 0 Å². The number of hydrogen-bond donors (Lipinski definition) is 1. The van der Waals surface area contributed by atoms with Crippen molar-refractivity contribution in [2.45, 2.75) is 13.0 Å². The Balaban J connectivity index is 2.15. The maximum absolute atomic E-state index is 4.38. The second-order valence-corrected chi connectivity index (χ2v) is 5.01. The van der Waals surface area contributed by atoms with Gasteiger partial charge in [0.05, 0.1) is 5.52 Å². The van der Waals surface area contributed by atoms with Gasteiger partial charge in [0.2, 0.25) is 0 Å². The van der Waals surface area contributed by atoms with E-state index in [9.17, 15) is 0 Å². The Kier molecular flexibility index (Phi) is 3.48. The lowest BCUT2D eigenvalue weighted by molar-refractivity contribution is 0.654. The summed E-state index contributed by atoms with van der Waals surface area (Å²) in [6.07, 6.45) is 1.83. The van der Waals surface area contributed by atoms with E-state index in [0.717, 1.165) is 5.52 Å². The molecule has 0 spiro atoms. The first-order valence-corrected chi connectivity index (χ1v) is 6.91. The molecule has 0 radical (unpaired) electrons. The number of rotatable bonds is 3. The summed E-state index contributed by atoms with van der Waals surface area (Å²) >= 11 is 0. The fourth-order valence-corrected chi connectivity index (χ4v) is 2.54. The molecule has 0 aliphatic carbocycles. The molecule has 0 fully saturated rings. The highest BCUT2D eigenvalue weighted by Gasteiger charge is 2.10. The minimum Gasteiger partial charge on any atom is -0.313 e. The van der Waals surface area contributed by atoms with Crippen LogP contribution >= 0.6 is 0 Å². The number of aromatic nitrogens is 1. The minimum atomic E-state index is 0.329. The molecule has 2 nitrogen and oxygen atoms in total.